The summed E-state index contributed by atoms with van der Waals surface area (Å²) in [6.45, 7) is 6.20. The van der Waals surface area contributed by atoms with E-state index in [1.54, 1.807) is 18.2 Å². The predicted octanol–water partition coefficient (Wildman–Crippen LogP) is 6.74. The van der Waals surface area contributed by atoms with Gasteiger partial charge in [0, 0.05) is 6.42 Å². The average Bonchev–Trinajstić information content (AvgIpc) is 2.68. The molecule has 0 aliphatic rings. The molecule has 0 unspecified atom stereocenters. The molecule has 0 saturated carbocycles. The van der Waals surface area contributed by atoms with Crippen molar-refractivity contribution in [2.45, 2.75) is 64.7 Å². The molecule has 0 aliphatic carbocycles. The van der Waals surface area contributed by atoms with E-state index in [1.165, 1.54) is 19.3 Å². The molecule has 0 bridgehead atoms. The van der Waals surface area contributed by atoms with E-state index in [9.17, 15) is 9.18 Å². The van der Waals surface area contributed by atoms with Crippen LogP contribution in [0.2, 0.25) is 0 Å². The molecule has 2 rings (SSSR count). The van der Waals surface area contributed by atoms with Gasteiger partial charge in [0.2, 0.25) is 0 Å². The quantitative estimate of drug-likeness (QED) is 0.283. The van der Waals surface area contributed by atoms with E-state index in [0.717, 1.165) is 25.7 Å². The van der Waals surface area contributed by atoms with Crippen molar-refractivity contribution in [2.24, 2.45) is 0 Å². The Balaban J connectivity index is 1.99. The van der Waals surface area contributed by atoms with Crippen molar-refractivity contribution in [3.63, 3.8) is 0 Å². The summed E-state index contributed by atoms with van der Waals surface area (Å²) in [5.41, 5.74) is -0.631. The number of hydrogen-bond acceptors (Lipinski definition) is 3. The van der Waals surface area contributed by atoms with Crippen molar-refractivity contribution < 1.29 is 13.5 Å². The number of fused-ring (bicyclic) bond motifs is 1. The van der Waals surface area contributed by atoms with Gasteiger partial charge in [-0.3, -0.25) is 0 Å². The number of allylic oxidation sites excluding steroid dienone is 2. The Morgan fingerprint density at radius 1 is 1.11 bits per heavy atom. The first-order valence-electron chi connectivity index (χ1n) is 10.3. The molecule has 28 heavy (non-hydrogen) atoms. The molecule has 0 saturated heterocycles. The van der Waals surface area contributed by atoms with Gasteiger partial charge in [-0.1, -0.05) is 56.9 Å². The molecule has 2 aromatic rings. The second-order valence-corrected chi connectivity index (χ2v) is 6.98. The third-order valence-electron chi connectivity index (χ3n) is 4.66. The fourth-order valence-electron chi connectivity index (χ4n) is 3.10. The molecule has 0 aliphatic heterocycles. The van der Waals surface area contributed by atoms with Crippen molar-refractivity contribution in [1.82, 2.24) is 0 Å². The average molecular weight is 387 g/mol. The van der Waals surface area contributed by atoms with Gasteiger partial charge >= 0.3 is 5.63 Å². The highest BCUT2D eigenvalue weighted by molar-refractivity contribution is 5.83. The number of halogens is 1. The zero-order valence-corrected chi connectivity index (χ0v) is 16.8. The lowest BCUT2D eigenvalue weighted by molar-refractivity contribution is 0.309. The van der Waals surface area contributed by atoms with Crippen LogP contribution in [0, 0.1) is 5.82 Å². The van der Waals surface area contributed by atoms with Crippen LogP contribution in [0.25, 0.3) is 10.8 Å². The first kappa shape index (κ1) is 21.9. The Kier molecular flexibility index (Phi) is 9.53. The smallest absolute Gasteiger partial charge is 0.346 e. The Morgan fingerprint density at radius 2 is 1.89 bits per heavy atom. The first-order valence-corrected chi connectivity index (χ1v) is 10.3. The van der Waals surface area contributed by atoms with Gasteiger partial charge in [-0.15, -0.1) is 6.58 Å². The highest BCUT2D eigenvalue weighted by atomic mass is 19.1. The van der Waals surface area contributed by atoms with Crippen molar-refractivity contribution >= 4 is 10.8 Å². The highest BCUT2D eigenvalue weighted by Gasteiger charge is 2.14. The fourth-order valence-corrected chi connectivity index (χ4v) is 3.10. The molecule has 0 radical (unpaired) electrons. The molecule has 0 amide bonds. The van der Waals surface area contributed by atoms with Gasteiger partial charge in [-0.25, -0.2) is 9.18 Å². The minimum absolute atomic E-state index is 0.0336. The second-order valence-electron chi connectivity index (χ2n) is 6.98. The Hall–Kier alpha value is -2.36. The van der Waals surface area contributed by atoms with E-state index >= 15 is 0 Å². The standard InChI is InChI=1S/C24H31FO3/c1-3-5-7-9-11-13-17-27-21-16-15-19-18-20(14-12-10-8-6-4-2)28-24(26)22(19)23(21)25/h3,9,11,15-16,18H,1,4-8,10,12-14,17H2,2H3/b11-9+. The van der Waals surface area contributed by atoms with Gasteiger partial charge in [0.05, 0.1) is 6.61 Å². The summed E-state index contributed by atoms with van der Waals surface area (Å²) in [5.74, 6) is 0.0646. The number of ether oxygens (including phenoxy) is 1. The molecule has 0 atom stereocenters. The van der Waals surface area contributed by atoms with Gasteiger partial charge in [0.15, 0.2) is 11.6 Å². The lowest BCUT2D eigenvalue weighted by Crippen LogP contribution is -2.07. The lowest BCUT2D eigenvalue weighted by Gasteiger charge is -2.08. The molecule has 3 nitrogen and oxygen atoms in total. The molecule has 152 valence electrons. The molecule has 1 aromatic heterocycles. The van der Waals surface area contributed by atoms with Gasteiger partial charge in [-0.05, 0) is 43.2 Å². The summed E-state index contributed by atoms with van der Waals surface area (Å²) in [4.78, 5) is 12.3. The van der Waals surface area contributed by atoms with Gasteiger partial charge < -0.3 is 9.15 Å². The van der Waals surface area contributed by atoms with Crippen LogP contribution in [-0.2, 0) is 6.42 Å². The number of rotatable bonds is 13. The van der Waals surface area contributed by atoms with Gasteiger partial charge in [0.25, 0.3) is 0 Å². The van der Waals surface area contributed by atoms with E-state index in [-0.39, 0.29) is 11.1 Å². The number of benzene rings is 1. The third kappa shape index (κ3) is 6.66. The third-order valence-corrected chi connectivity index (χ3v) is 4.66. The van der Waals surface area contributed by atoms with E-state index in [0.29, 0.717) is 30.6 Å². The molecule has 0 fully saturated rings. The lowest BCUT2D eigenvalue weighted by atomic mass is 10.1. The van der Waals surface area contributed by atoms with E-state index in [2.05, 4.69) is 19.6 Å². The predicted molar refractivity (Wildman–Crippen MR) is 114 cm³/mol. The van der Waals surface area contributed by atoms with Crippen LogP contribution >= 0.6 is 0 Å². The zero-order valence-electron chi connectivity index (χ0n) is 16.8. The minimum Gasteiger partial charge on any atom is -0.490 e. The summed E-state index contributed by atoms with van der Waals surface area (Å²) >= 11 is 0. The second kappa shape index (κ2) is 12.2. The van der Waals surface area contributed by atoms with Crippen LogP contribution in [0.15, 0.2) is 52.2 Å². The minimum atomic E-state index is -0.642. The van der Waals surface area contributed by atoms with E-state index in [4.69, 9.17) is 9.15 Å². The normalized spacial score (nSPS) is 11.4. The monoisotopic (exact) mass is 386 g/mol. The Labute approximate surface area is 166 Å². The van der Waals surface area contributed by atoms with Crippen LogP contribution in [0.4, 0.5) is 4.39 Å². The molecule has 1 heterocycles. The Morgan fingerprint density at radius 3 is 2.68 bits per heavy atom. The van der Waals surface area contributed by atoms with Crippen molar-refractivity contribution in [3.8, 4) is 5.75 Å². The topological polar surface area (TPSA) is 39.4 Å². The van der Waals surface area contributed by atoms with Crippen molar-refractivity contribution in [1.29, 1.82) is 0 Å². The SMILES string of the molecule is C=CCC/C=C/CCOc1ccc2cc(CCCCCCC)oc(=O)c2c1F. The summed E-state index contributed by atoms with van der Waals surface area (Å²) in [7, 11) is 0. The number of unbranched alkanes of at least 4 members (excludes halogenated alkanes) is 5. The van der Waals surface area contributed by atoms with E-state index < -0.39 is 11.4 Å². The van der Waals surface area contributed by atoms with Crippen LogP contribution < -0.4 is 10.4 Å². The Bertz CT molecular complexity index is 836. The largest absolute Gasteiger partial charge is 0.490 e. The summed E-state index contributed by atoms with van der Waals surface area (Å²) < 4.78 is 25.6. The first-order chi connectivity index (χ1) is 13.7. The zero-order chi connectivity index (χ0) is 20.2. The summed E-state index contributed by atoms with van der Waals surface area (Å²) in [6.07, 6.45) is 14.9. The maximum absolute atomic E-state index is 14.7. The molecular weight excluding hydrogens is 355 g/mol. The fraction of sp³-hybridized carbons (Fsp3) is 0.458. The molecule has 0 spiro atoms. The summed E-state index contributed by atoms with van der Waals surface area (Å²) in [6, 6.07) is 5.08. The van der Waals surface area contributed by atoms with Gasteiger partial charge in [-0.2, -0.15) is 0 Å². The summed E-state index contributed by atoms with van der Waals surface area (Å²) in [5, 5.41) is 0.530. The maximum atomic E-state index is 14.7. The molecule has 1 aromatic carbocycles. The van der Waals surface area contributed by atoms with Crippen LogP contribution in [0.1, 0.15) is 64.1 Å². The molecular formula is C24H31FO3. The maximum Gasteiger partial charge on any atom is 0.346 e. The van der Waals surface area contributed by atoms with Gasteiger partial charge in [0.1, 0.15) is 11.1 Å². The number of aryl methyl sites for hydroxylation is 1. The highest BCUT2D eigenvalue weighted by Crippen LogP contribution is 2.25. The van der Waals surface area contributed by atoms with Crippen molar-refractivity contribution in [2.75, 3.05) is 6.61 Å². The van der Waals surface area contributed by atoms with Crippen LogP contribution in [0.5, 0.6) is 5.75 Å². The number of hydrogen-bond donors (Lipinski definition) is 0. The van der Waals surface area contributed by atoms with E-state index in [1.807, 2.05) is 12.2 Å². The van der Waals surface area contributed by atoms with Crippen LogP contribution in [-0.4, -0.2) is 6.61 Å². The van der Waals surface area contributed by atoms with Crippen molar-refractivity contribution in [3.05, 3.63) is 65.0 Å². The van der Waals surface area contributed by atoms with Crippen LogP contribution in [0.3, 0.4) is 0 Å². The molecule has 4 heteroatoms. The molecule has 0 N–H and O–H groups in total.